The fourth-order valence-corrected chi connectivity index (χ4v) is 2.07. The third-order valence-corrected chi connectivity index (χ3v) is 3.10. The zero-order valence-electron chi connectivity index (χ0n) is 10.2. The fourth-order valence-electron chi connectivity index (χ4n) is 2.07. The van der Waals surface area contributed by atoms with E-state index in [1.165, 1.54) is 0 Å². The van der Waals surface area contributed by atoms with E-state index >= 15 is 0 Å². The second-order valence-electron chi connectivity index (χ2n) is 4.47. The molecule has 4 heteroatoms. The summed E-state index contributed by atoms with van der Waals surface area (Å²) < 4.78 is 5.28. The maximum absolute atomic E-state index is 11.5. The van der Waals surface area contributed by atoms with Gasteiger partial charge in [-0.25, -0.2) is 4.79 Å². The predicted molar refractivity (Wildman–Crippen MR) is 66.7 cm³/mol. The van der Waals surface area contributed by atoms with E-state index in [1.54, 1.807) is 12.1 Å². The van der Waals surface area contributed by atoms with Crippen molar-refractivity contribution in [3.05, 3.63) is 35.4 Å². The van der Waals surface area contributed by atoms with Crippen molar-refractivity contribution < 1.29 is 9.53 Å². The van der Waals surface area contributed by atoms with Gasteiger partial charge in [0.1, 0.15) is 6.10 Å². The number of rotatable bonds is 3. The van der Waals surface area contributed by atoms with E-state index in [0.717, 1.165) is 31.2 Å². The molecular formula is C14H16N2O2. The Labute approximate surface area is 107 Å². The lowest BCUT2D eigenvalue weighted by Crippen LogP contribution is -2.27. The summed E-state index contributed by atoms with van der Waals surface area (Å²) in [6, 6.07) is 9.18. The standard InChI is InChI=1S/C14H16N2O2/c15-9-11-5-7-12(8-6-11)10-16-14(17)18-13-3-1-2-4-13/h5-8,13H,1-4,10H2,(H,16,17). The van der Waals surface area contributed by atoms with Crippen molar-refractivity contribution in [1.29, 1.82) is 5.26 Å². The van der Waals surface area contributed by atoms with Gasteiger partial charge in [-0.05, 0) is 43.4 Å². The first-order valence-corrected chi connectivity index (χ1v) is 6.21. The van der Waals surface area contributed by atoms with Crippen LogP contribution in [0.5, 0.6) is 0 Å². The lowest BCUT2D eigenvalue weighted by Gasteiger charge is -2.12. The van der Waals surface area contributed by atoms with Crippen LogP contribution in [0.25, 0.3) is 0 Å². The van der Waals surface area contributed by atoms with Crippen LogP contribution in [0, 0.1) is 11.3 Å². The molecule has 1 amide bonds. The Morgan fingerprint density at radius 1 is 1.33 bits per heavy atom. The summed E-state index contributed by atoms with van der Waals surface area (Å²) in [5, 5.41) is 11.4. The number of carbonyl (C=O) groups excluding carboxylic acids is 1. The summed E-state index contributed by atoms with van der Waals surface area (Å²) in [6.45, 7) is 0.428. The van der Waals surface area contributed by atoms with Crippen LogP contribution in [-0.4, -0.2) is 12.2 Å². The highest BCUT2D eigenvalue weighted by Gasteiger charge is 2.18. The van der Waals surface area contributed by atoms with Gasteiger partial charge in [-0.3, -0.25) is 0 Å². The maximum atomic E-state index is 11.5. The number of alkyl carbamates (subject to hydrolysis) is 1. The van der Waals surface area contributed by atoms with Gasteiger partial charge >= 0.3 is 6.09 Å². The highest BCUT2D eigenvalue weighted by molar-refractivity contribution is 5.67. The maximum Gasteiger partial charge on any atom is 0.407 e. The fraction of sp³-hybridized carbons (Fsp3) is 0.429. The third kappa shape index (κ3) is 3.49. The molecule has 0 saturated heterocycles. The molecule has 0 atom stereocenters. The quantitative estimate of drug-likeness (QED) is 0.889. The number of nitriles is 1. The topological polar surface area (TPSA) is 62.1 Å². The Morgan fingerprint density at radius 2 is 2.00 bits per heavy atom. The van der Waals surface area contributed by atoms with Crippen molar-refractivity contribution in [2.24, 2.45) is 0 Å². The molecule has 1 aromatic carbocycles. The van der Waals surface area contributed by atoms with Crippen molar-refractivity contribution in [2.45, 2.75) is 38.3 Å². The van der Waals surface area contributed by atoms with E-state index in [2.05, 4.69) is 11.4 Å². The summed E-state index contributed by atoms with van der Waals surface area (Å²) in [5.74, 6) is 0. The van der Waals surface area contributed by atoms with Gasteiger partial charge < -0.3 is 10.1 Å². The molecule has 0 spiro atoms. The molecule has 0 bridgehead atoms. The average molecular weight is 244 g/mol. The largest absolute Gasteiger partial charge is 0.446 e. The lowest BCUT2D eigenvalue weighted by molar-refractivity contribution is 0.101. The number of hydrogen-bond acceptors (Lipinski definition) is 3. The minimum absolute atomic E-state index is 0.0889. The number of ether oxygens (including phenoxy) is 1. The van der Waals surface area contributed by atoms with E-state index in [0.29, 0.717) is 12.1 Å². The minimum atomic E-state index is -0.355. The molecule has 0 radical (unpaired) electrons. The molecule has 1 aliphatic carbocycles. The van der Waals surface area contributed by atoms with Crippen LogP contribution in [0.3, 0.4) is 0 Å². The van der Waals surface area contributed by atoms with Gasteiger partial charge in [-0.1, -0.05) is 12.1 Å². The zero-order chi connectivity index (χ0) is 12.8. The summed E-state index contributed by atoms with van der Waals surface area (Å²) in [7, 11) is 0. The molecule has 1 N–H and O–H groups in total. The molecule has 0 aliphatic heterocycles. The molecule has 0 heterocycles. The molecule has 0 aromatic heterocycles. The summed E-state index contributed by atoms with van der Waals surface area (Å²) >= 11 is 0. The van der Waals surface area contributed by atoms with Gasteiger partial charge in [0, 0.05) is 6.54 Å². The van der Waals surface area contributed by atoms with Crippen molar-refractivity contribution >= 4 is 6.09 Å². The van der Waals surface area contributed by atoms with Gasteiger partial charge in [0.15, 0.2) is 0 Å². The van der Waals surface area contributed by atoms with Crippen LogP contribution in [0.4, 0.5) is 4.79 Å². The lowest BCUT2D eigenvalue weighted by atomic mass is 10.1. The number of amides is 1. The van der Waals surface area contributed by atoms with Gasteiger partial charge in [0.25, 0.3) is 0 Å². The van der Waals surface area contributed by atoms with E-state index in [4.69, 9.17) is 10.00 Å². The molecule has 94 valence electrons. The van der Waals surface area contributed by atoms with Crippen molar-refractivity contribution in [1.82, 2.24) is 5.32 Å². The Bertz CT molecular complexity index is 442. The smallest absolute Gasteiger partial charge is 0.407 e. The van der Waals surface area contributed by atoms with Gasteiger partial charge in [0.05, 0.1) is 11.6 Å². The summed E-state index contributed by atoms with van der Waals surface area (Å²) in [4.78, 5) is 11.5. The SMILES string of the molecule is N#Cc1ccc(CNC(=O)OC2CCCC2)cc1. The summed E-state index contributed by atoms with van der Waals surface area (Å²) in [5.41, 5.74) is 1.57. The van der Waals surface area contributed by atoms with E-state index in [-0.39, 0.29) is 12.2 Å². The Morgan fingerprint density at radius 3 is 2.61 bits per heavy atom. The normalized spacial score (nSPS) is 15.1. The molecule has 1 saturated carbocycles. The monoisotopic (exact) mass is 244 g/mol. The summed E-state index contributed by atoms with van der Waals surface area (Å²) in [6.07, 6.45) is 3.98. The van der Waals surface area contributed by atoms with Crippen LogP contribution in [0.1, 0.15) is 36.8 Å². The Balaban J connectivity index is 1.76. The molecule has 0 unspecified atom stereocenters. The zero-order valence-corrected chi connectivity index (χ0v) is 10.2. The van der Waals surface area contributed by atoms with E-state index in [1.807, 2.05) is 12.1 Å². The van der Waals surface area contributed by atoms with Gasteiger partial charge in [-0.15, -0.1) is 0 Å². The Kier molecular flexibility index (Phi) is 4.19. The highest BCUT2D eigenvalue weighted by Crippen LogP contribution is 2.20. The first-order valence-electron chi connectivity index (χ1n) is 6.21. The van der Waals surface area contributed by atoms with Crippen molar-refractivity contribution in [3.63, 3.8) is 0 Å². The van der Waals surface area contributed by atoms with Crippen LogP contribution >= 0.6 is 0 Å². The number of hydrogen-bond donors (Lipinski definition) is 1. The van der Waals surface area contributed by atoms with Crippen LogP contribution in [0.2, 0.25) is 0 Å². The predicted octanol–water partition coefficient (Wildman–Crippen LogP) is 2.73. The molecule has 1 fully saturated rings. The van der Waals surface area contributed by atoms with Crippen molar-refractivity contribution in [2.75, 3.05) is 0 Å². The van der Waals surface area contributed by atoms with Crippen LogP contribution in [-0.2, 0) is 11.3 Å². The molecule has 1 aliphatic rings. The average Bonchev–Trinajstić information content (AvgIpc) is 2.90. The van der Waals surface area contributed by atoms with Crippen LogP contribution < -0.4 is 5.32 Å². The molecular weight excluding hydrogens is 228 g/mol. The van der Waals surface area contributed by atoms with E-state index in [9.17, 15) is 4.79 Å². The molecule has 18 heavy (non-hydrogen) atoms. The first kappa shape index (κ1) is 12.4. The van der Waals surface area contributed by atoms with Gasteiger partial charge in [-0.2, -0.15) is 5.26 Å². The Hall–Kier alpha value is -2.02. The van der Waals surface area contributed by atoms with Crippen molar-refractivity contribution in [3.8, 4) is 6.07 Å². The molecule has 4 nitrogen and oxygen atoms in total. The number of nitrogens with zero attached hydrogens (tertiary/aromatic N) is 1. The molecule has 2 rings (SSSR count). The minimum Gasteiger partial charge on any atom is -0.446 e. The van der Waals surface area contributed by atoms with Crippen LogP contribution in [0.15, 0.2) is 24.3 Å². The van der Waals surface area contributed by atoms with E-state index < -0.39 is 0 Å². The highest BCUT2D eigenvalue weighted by atomic mass is 16.6. The number of nitrogens with one attached hydrogen (secondary N) is 1. The number of benzene rings is 1. The third-order valence-electron chi connectivity index (χ3n) is 3.10. The number of carbonyl (C=O) groups is 1. The van der Waals surface area contributed by atoms with Gasteiger partial charge in [0.2, 0.25) is 0 Å². The second-order valence-corrected chi connectivity index (χ2v) is 4.47. The molecule has 1 aromatic rings. The second kappa shape index (κ2) is 6.06. The first-order chi connectivity index (χ1) is 8.78.